The molecule has 0 bridgehead atoms. The van der Waals surface area contributed by atoms with Gasteiger partial charge < -0.3 is 9.29 Å². The number of rotatable bonds is 5. The molecule has 0 spiro atoms. The number of ether oxygens (including phenoxy) is 1. The first-order valence-electron chi connectivity index (χ1n) is 5.11. The van der Waals surface area contributed by atoms with Crippen LogP contribution < -0.4 is 51.4 Å². The largest absolute Gasteiger partial charge is 1.00 e. The summed E-state index contributed by atoms with van der Waals surface area (Å²) in [5, 5.41) is 0. The Morgan fingerprint density at radius 1 is 1.24 bits per heavy atom. The Hall–Kier alpha value is 0.726. The van der Waals surface area contributed by atoms with Crippen LogP contribution >= 0.6 is 0 Å². The molecule has 0 unspecified atom stereocenters. The van der Waals surface area contributed by atoms with E-state index in [2.05, 4.69) is 0 Å². The van der Waals surface area contributed by atoms with Crippen molar-refractivity contribution in [2.24, 2.45) is 0 Å². The monoisotopic (exact) mass is 280 g/mol. The van der Waals surface area contributed by atoms with Crippen molar-refractivity contribution in [3.05, 3.63) is 35.9 Å². The molecule has 1 aliphatic rings. The van der Waals surface area contributed by atoms with Gasteiger partial charge in [0.25, 0.3) is 0 Å². The third-order valence-corrected chi connectivity index (χ3v) is 4.40. The Morgan fingerprint density at radius 3 is 2.29 bits per heavy atom. The van der Waals surface area contributed by atoms with Crippen molar-refractivity contribution in [3.8, 4) is 0 Å². The molecule has 1 saturated carbocycles. The summed E-state index contributed by atoms with van der Waals surface area (Å²) in [7, 11) is -4.22. The molecule has 1 aromatic carbocycles. The van der Waals surface area contributed by atoms with Crippen LogP contribution in [0.15, 0.2) is 30.3 Å². The molecule has 0 heterocycles. The van der Waals surface area contributed by atoms with Gasteiger partial charge in [-0.3, -0.25) is 0 Å². The summed E-state index contributed by atoms with van der Waals surface area (Å²) in [5.74, 6) is 0. The maximum Gasteiger partial charge on any atom is 1.00 e. The minimum absolute atomic E-state index is 0. The van der Waals surface area contributed by atoms with Gasteiger partial charge in [0.15, 0.2) is 0 Å². The normalized spacial score (nSPS) is 17.2. The Balaban J connectivity index is 0.00000144. The van der Waals surface area contributed by atoms with Crippen molar-refractivity contribution in [2.75, 3.05) is 6.61 Å². The third-order valence-electron chi connectivity index (χ3n) is 2.81. The van der Waals surface area contributed by atoms with Gasteiger partial charge in [0.2, 0.25) is 0 Å². The van der Waals surface area contributed by atoms with Crippen LogP contribution in [0.3, 0.4) is 0 Å². The summed E-state index contributed by atoms with van der Waals surface area (Å²) >= 11 is 0. The summed E-state index contributed by atoms with van der Waals surface area (Å²) in [6.45, 7) is 0.353. The molecule has 0 N–H and O–H groups in total. The molecule has 17 heavy (non-hydrogen) atoms. The first kappa shape index (κ1) is 15.8. The second kappa shape index (κ2) is 6.25. The molecule has 88 valence electrons. The third kappa shape index (κ3) is 4.10. The molecule has 1 fully saturated rings. The van der Waals surface area contributed by atoms with E-state index in [1.165, 1.54) is 0 Å². The van der Waals surface area contributed by atoms with Gasteiger partial charge in [0.1, 0.15) is 10.1 Å². The van der Waals surface area contributed by atoms with Gasteiger partial charge in [-0.15, -0.1) is 0 Å². The second-order valence-corrected chi connectivity index (χ2v) is 5.89. The zero-order valence-electron chi connectivity index (χ0n) is 9.76. The van der Waals surface area contributed by atoms with Gasteiger partial charge in [-0.25, -0.2) is 8.42 Å². The van der Waals surface area contributed by atoms with Crippen molar-refractivity contribution in [1.29, 1.82) is 0 Å². The minimum Gasteiger partial charge on any atom is -0.747 e. The van der Waals surface area contributed by atoms with Crippen LogP contribution in [0, 0.1) is 0 Å². The maximum absolute atomic E-state index is 10.9. The van der Waals surface area contributed by atoms with Crippen LogP contribution in [0.4, 0.5) is 0 Å². The fourth-order valence-electron chi connectivity index (χ4n) is 1.54. The van der Waals surface area contributed by atoms with Crippen LogP contribution in [0.25, 0.3) is 0 Å². The quantitative estimate of drug-likeness (QED) is 0.476. The van der Waals surface area contributed by atoms with E-state index >= 15 is 0 Å². The molecule has 2 rings (SSSR count). The molecule has 1 aliphatic carbocycles. The van der Waals surface area contributed by atoms with Gasteiger partial charge in [-0.05, 0) is 18.4 Å². The van der Waals surface area contributed by atoms with Gasteiger partial charge in [-0.2, -0.15) is 0 Å². The average Bonchev–Trinajstić information content (AvgIpc) is 3.00. The fraction of sp³-hybridized carbons (Fsp3) is 0.455. The van der Waals surface area contributed by atoms with E-state index in [4.69, 9.17) is 4.74 Å². The molecule has 0 amide bonds. The first-order valence-corrected chi connectivity index (χ1v) is 6.51. The molecule has 0 aromatic heterocycles. The predicted octanol–water partition coefficient (Wildman–Crippen LogP) is -1.71. The molecule has 0 radical (unpaired) electrons. The predicted molar refractivity (Wildman–Crippen MR) is 57.8 cm³/mol. The van der Waals surface area contributed by atoms with E-state index in [0.717, 1.165) is 5.56 Å². The summed E-state index contributed by atoms with van der Waals surface area (Å²) in [6.07, 6.45) is 0.848. The van der Waals surface area contributed by atoms with Crippen molar-refractivity contribution >= 4 is 10.1 Å². The van der Waals surface area contributed by atoms with Crippen molar-refractivity contribution in [3.63, 3.8) is 0 Å². The number of hydrogen-bond acceptors (Lipinski definition) is 4. The summed E-state index contributed by atoms with van der Waals surface area (Å²) in [4.78, 5) is 0. The van der Waals surface area contributed by atoms with Crippen LogP contribution in [0.1, 0.15) is 18.4 Å². The molecule has 4 nitrogen and oxygen atoms in total. The summed E-state index contributed by atoms with van der Waals surface area (Å²) in [6, 6.07) is 9.45. The maximum atomic E-state index is 10.9. The average molecular weight is 280 g/mol. The second-order valence-electron chi connectivity index (χ2n) is 4.12. The SMILES string of the molecule is O=S(=O)([O-])C1(COCc2ccccc2)CC1.[K+]. The van der Waals surface area contributed by atoms with E-state index in [0.29, 0.717) is 19.4 Å². The van der Waals surface area contributed by atoms with Crippen LogP contribution in [-0.2, 0) is 21.5 Å². The van der Waals surface area contributed by atoms with Gasteiger partial charge in [0.05, 0.1) is 18.0 Å². The van der Waals surface area contributed by atoms with Gasteiger partial charge in [0, 0.05) is 0 Å². The van der Waals surface area contributed by atoms with Crippen LogP contribution in [0.2, 0.25) is 0 Å². The van der Waals surface area contributed by atoms with Crippen LogP contribution in [-0.4, -0.2) is 24.3 Å². The van der Waals surface area contributed by atoms with Crippen LogP contribution in [0.5, 0.6) is 0 Å². The smallest absolute Gasteiger partial charge is 0.747 e. The standard InChI is InChI=1S/C11H14O4S.K/c12-16(13,14)11(6-7-11)9-15-8-10-4-2-1-3-5-10;/h1-5H,6-9H2,(H,12,13,14);/q;+1/p-1. The summed E-state index contributed by atoms with van der Waals surface area (Å²) in [5.41, 5.74) is 0.974. The van der Waals surface area contributed by atoms with E-state index in [1.54, 1.807) is 0 Å². The number of hydrogen-bond donors (Lipinski definition) is 0. The Morgan fingerprint density at radius 2 is 1.82 bits per heavy atom. The van der Waals surface area contributed by atoms with Gasteiger partial charge >= 0.3 is 51.4 Å². The van der Waals surface area contributed by atoms with E-state index < -0.39 is 14.9 Å². The Kier molecular flexibility index (Phi) is 5.80. The number of benzene rings is 1. The molecular weight excluding hydrogens is 267 g/mol. The molecule has 6 heteroatoms. The molecule has 0 aliphatic heterocycles. The van der Waals surface area contributed by atoms with E-state index in [1.807, 2.05) is 30.3 Å². The summed E-state index contributed by atoms with van der Waals surface area (Å²) < 4.78 is 36.9. The topological polar surface area (TPSA) is 66.4 Å². The zero-order chi connectivity index (χ0) is 11.6. The molecule has 1 aromatic rings. The van der Waals surface area contributed by atoms with Crippen molar-refractivity contribution in [2.45, 2.75) is 24.2 Å². The van der Waals surface area contributed by atoms with Crippen molar-refractivity contribution in [1.82, 2.24) is 0 Å². The van der Waals surface area contributed by atoms with E-state index in [9.17, 15) is 13.0 Å². The molecular formula is C11H13KO4S. The Labute approximate surface area is 144 Å². The van der Waals surface area contributed by atoms with Gasteiger partial charge in [-0.1, -0.05) is 30.3 Å². The minimum atomic E-state index is -4.22. The molecule has 0 saturated heterocycles. The first-order chi connectivity index (χ1) is 7.54. The van der Waals surface area contributed by atoms with Crippen molar-refractivity contribution < 1.29 is 69.1 Å². The fourth-order valence-corrected chi connectivity index (χ4v) is 2.36. The Bertz CT molecular complexity index is 454. The van der Waals surface area contributed by atoms with E-state index in [-0.39, 0.29) is 58.0 Å². The zero-order valence-corrected chi connectivity index (χ0v) is 13.7. The molecule has 0 atom stereocenters.